The van der Waals surface area contributed by atoms with E-state index in [4.69, 9.17) is 0 Å². The molecule has 11 heavy (non-hydrogen) atoms. The van der Waals surface area contributed by atoms with Crippen molar-refractivity contribution in [1.29, 1.82) is 0 Å². The maximum absolute atomic E-state index is 3.22. The van der Waals surface area contributed by atoms with Crippen LogP contribution in [0.5, 0.6) is 0 Å². The van der Waals surface area contributed by atoms with Crippen molar-refractivity contribution in [2.24, 2.45) is 11.8 Å². The monoisotopic (exact) mass is 147 g/mol. The molecule has 1 nitrogen and oxygen atoms in total. The highest BCUT2D eigenvalue weighted by molar-refractivity contribution is 5.40. The van der Waals surface area contributed by atoms with Gasteiger partial charge in [-0.05, 0) is 23.1 Å². The second kappa shape index (κ2) is 2.26. The molecule has 2 unspecified atom stereocenters. The second-order valence-corrected chi connectivity index (χ2v) is 3.40. The third kappa shape index (κ3) is 1.01. The minimum absolute atomic E-state index is 0.668. The summed E-state index contributed by atoms with van der Waals surface area (Å²) in [4.78, 5) is 3.22. The fraction of sp³-hybridized carbons (Fsp3) is 0.400. The Morgan fingerprint density at radius 2 is 1.91 bits per heavy atom. The molecule has 1 heterocycles. The Hall–Kier alpha value is -0.980. The lowest BCUT2D eigenvalue weighted by atomic mass is 9.91. The van der Waals surface area contributed by atoms with Gasteiger partial charge in [0.2, 0.25) is 0 Å². The first-order valence-corrected chi connectivity index (χ1v) is 4.14. The Morgan fingerprint density at radius 1 is 1.18 bits per heavy atom. The lowest BCUT2D eigenvalue weighted by Gasteiger charge is -2.14. The quantitative estimate of drug-likeness (QED) is 0.560. The van der Waals surface area contributed by atoms with Gasteiger partial charge in [-0.15, -0.1) is 0 Å². The van der Waals surface area contributed by atoms with Crippen LogP contribution in [0.4, 0.5) is 0 Å². The molecule has 1 aromatic heterocycles. The van der Waals surface area contributed by atoms with E-state index < -0.39 is 0 Å². The van der Waals surface area contributed by atoms with E-state index in [1.165, 1.54) is 10.6 Å². The summed E-state index contributed by atoms with van der Waals surface area (Å²) in [7, 11) is 0. The van der Waals surface area contributed by atoms with E-state index in [9.17, 15) is 0 Å². The van der Waals surface area contributed by atoms with Crippen LogP contribution in [0.1, 0.15) is 13.8 Å². The van der Waals surface area contributed by atoms with Gasteiger partial charge in [0.25, 0.3) is 0 Å². The third-order valence-corrected chi connectivity index (χ3v) is 2.51. The fourth-order valence-corrected chi connectivity index (χ4v) is 1.53. The zero-order valence-electron chi connectivity index (χ0n) is 6.96. The van der Waals surface area contributed by atoms with Gasteiger partial charge in [0, 0.05) is 11.5 Å². The van der Waals surface area contributed by atoms with Crippen molar-refractivity contribution < 1.29 is 0 Å². The zero-order valence-corrected chi connectivity index (χ0v) is 6.96. The van der Waals surface area contributed by atoms with Crippen LogP contribution in [-0.2, 0) is 0 Å². The predicted octanol–water partition coefficient (Wildman–Crippen LogP) is 0.861. The Morgan fingerprint density at radius 3 is 2.73 bits per heavy atom. The molecule has 2 rings (SSSR count). The van der Waals surface area contributed by atoms with Crippen molar-refractivity contribution in [2.75, 3.05) is 0 Å². The van der Waals surface area contributed by atoms with Gasteiger partial charge in [-0.1, -0.05) is 26.0 Å². The van der Waals surface area contributed by atoms with Crippen molar-refractivity contribution >= 4 is 12.2 Å². The standard InChI is InChI=1S/C10H13N/c1-7-5-9-3-4-11-10(9)6-8(7)2/h3-8,11H,1-2H3. The molecule has 0 amide bonds. The Bertz CT molecular complexity index is 324. The average Bonchev–Trinajstić information content (AvgIpc) is 2.36. The van der Waals surface area contributed by atoms with E-state index in [1.807, 2.05) is 6.20 Å². The number of aromatic amines is 1. The molecule has 0 saturated heterocycles. The molecule has 1 aliphatic carbocycles. The molecule has 1 aromatic rings. The lowest BCUT2D eigenvalue weighted by Crippen LogP contribution is -2.29. The maximum Gasteiger partial charge on any atom is 0.0413 e. The van der Waals surface area contributed by atoms with Crippen LogP contribution in [0.3, 0.4) is 0 Å². The SMILES string of the molecule is CC1C=c2cc[nH]c2=CC1C. The van der Waals surface area contributed by atoms with Crippen molar-refractivity contribution in [1.82, 2.24) is 4.98 Å². The van der Waals surface area contributed by atoms with Crippen LogP contribution >= 0.6 is 0 Å². The fourth-order valence-electron chi connectivity index (χ4n) is 1.53. The summed E-state index contributed by atoms with van der Waals surface area (Å²) in [6.07, 6.45) is 6.64. The highest BCUT2D eigenvalue weighted by atomic mass is 14.6. The van der Waals surface area contributed by atoms with Crippen LogP contribution in [0.25, 0.3) is 12.2 Å². The topological polar surface area (TPSA) is 15.8 Å². The molecule has 0 radical (unpaired) electrons. The smallest absolute Gasteiger partial charge is 0.0413 e. The first-order chi connectivity index (χ1) is 5.27. The largest absolute Gasteiger partial charge is 0.361 e. The summed E-state index contributed by atoms with van der Waals surface area (Å²) in [5, 5.41) is 2.64. The van der Waals surface area contributed by atoms with Crippen molar-refractivity contribution in [3.8, 4) is 0 Å². The number of rotatable bonds is 0. The van der Waals surface area contributed by atoms with Gasteiger partial charge in [0.1, 0.15) is 0 Å². The average molecular weight is 147 g/mol. The number of H-pyrrole nitrogens is 1. The number of nitrogens with one attached hydrogen (secondary N) is 1. The number of hydrogen-bond acceptors (Lipinski definition) is 0. The normalized spacial score (nSPS) is 28.5. The first-order valence-electron chi connectivity index (χ1n) is 4.14. The van der Waals surface area contributed by atoms with E-state index >= 15 is 0 Å². The van der Waals surface area contributed by atoms with Crippen LogP contribution in [-0.4, -0.2) is 4.98 Å². The molecule has 2 atom stereocenters. The second-order valence-electron chi connectivity index (χ2n) is 3.40. The summed E-state index contributed by atoms with van der Waals surface area (Å²) in [6, 6.07) is 2.13. The number of fused-ring (bicyclic) bond motifs is 1. The lowest BCUT2D eigenvalue weighted by molar-refractivity contribution is 0.607. The van der Waals surface area contributed by atoms with Gasteiger partial charge in [-0.3, -0.25) is 0 Å². The molecule has 1 heteroatoms. The maximum atomic E-state index is 3.22. The van der Waals surface area contributed by atoms with Crippen LogP contribution in [0.2, 0.25) is 0 Å². The molecule has 1 N–H and O–H groups in total. The van der Waals surface area contributed by atoms with E-state index in [2.05, 4.69) is 37.0 Å². The van der Waals surface area contributed by atoms with Gasteiger partial charge in [-0.25, -0.2) is 0 Å². The minimum atomic E-state index is 0.668. The molecule has 0 spiro atoms. The minimum Gasteiger partial charge on any atom is -0.361 e. The van der Waals surface area contributed by atoms with Crippen LogP contribution in [0.15, 0.2) is 12.3 Å². The Balaban J connectivity index is 2.69. The molecule has 0 aromatic carbocycles. The highest BCUT2D eigenvalue weighted by Gasteiger charge is 2.09. The first kappa shape index (κ1) is 6.71. The molecular formula is C10H13N. The third-order valence-electron chi connectivity index (χ3n) is 2.51. The summed E-state index contributed by atoms with van der Waals surface area (Å²) in [6.45, 7) is 4.52. The molecule has 0 bridgehead atoms. The zero-order chi connectivity index (χ0) is 7.84. The van der Waals surface area contributed by atoms with Gasteiger partial charge < -0.3 is 4.98 Å². The van der Waals surface area contributed by atoms with E-state index in [0.29, 0.717) is 11.8 Å². The molecule has 0 fully saturated rings. The van der Waals surface area contributed by atoms with Crippen molar-refractivity contribution in [3.63, 3.8) is 0 Å². The van der Waals surface area contributed by atoms with E-state index in [1.54, 1.807) is 0 Å². The van der Waals surface area contributed by atoms with Crippen LogP contribution in [0, 0.1) is 11.8 Å². The number of hydrogen-bond donors (Lipinski definition) is 1. The summed E-state index contributed by atoms with van der Waals surface area (Å²) < 4.78 is 0. The van der Waals surface area contributed by atoms with Crippen molar-refractivity contribution in [2.45, 2.75) is 13.8 Å². The van der Waals surface area contributed by atoms with Crippen LogP contribution < -0.4 is 10.6 Å². The summed E-state index contributed by atoms with van der Waals surface area (Å²) in [5.74, 6) is 1.35. The summed E-state index contributed by atoms with van der Waals surface area (Å²) >= 11 is 0. The predicted molar refractivity (Wildman–Crippen MR) is 47.3 cm³/mol. The van der Waals surface area contributed by atoms with E-state index in [-0.39, 0.29) is 0 Å². The summed E-state index contributed by atoms with van der Waals surface area (Å²) in [5.41, 5.74) is 0. The Kier molecular flexibility index (Phi) is 1.38. The highest BCUT2D eigenvalue weighted by Crippen LogP contribution is 2.14. The Labute approximate surface area is 66.4 Å². The molecular weight excluding hydrogens is 134 g/mol. The van der Waals surface area contributed by atoms with Gasteiger partial charge in [0.05, 0.1) is 0 Å². The molecule has 0 saturated carbocycles. The van der Waals surface area contributed by atoms with Gasteiger partial charge in [-0.2, -0.15) is 0 Å². The van der Waals surface area contributed by atoms with Gasteiger partial charge in [0.15, 0.2) is 0 Å². The molecule has 1 aliphatic rings. The number of aromatic nitrogens is 1. The molecule has 58 valence electrons. The molecule has 0 aliphatic heterocycles. The van der Waals surface area contributed by atoms with E-state index in [0.717, 1.165) is 0 Å². The van der Waals surface area contributed by atoms with Crippen molar-refractivity contribution in [3.05, 3.63) is 22.8 Å². The van der Waals surface area contributed by atoms with Gasteiger partial charge >= 0.3 is 0 Å².